The normalized spacial score (nSPS) is 10.2. The molecule has 21 heavy (non-hydrogen) atoms. The molecule has 0 radical (unpaired) electrons. The Hall–Kier alpha value is -2.27. The summed E-state index contributed by atoms with van der Waals surface area (Å²) in [5.74, 6) is 0.234. The number of aryl methyl sites for hydroxylation is 1. The van der Waals surface area contributed by atoms with E-state index in [0.717, 1.165) is 5.56 Å². The number of nitrogens with one attached hydrogen (secondary N) is 1. The highest BCUT2D eigenvalue weighted by molar-refractivity contribution is 6.32. The quantitative estimate of drug-likeness (QED) is 0.671. The Labute approximate surface area is 128 Å². The molecule has 5 nitrogen and oxygen atoms in total. The molecule has 1 heterocycles. The van der Waals surface area contributed by atoms with Gasteiger partial charge >= 0.3 is 0 Å². The average Bonchev–Trinajstić information content (AvgIpc) is 2.42. The standard InChI is InChI=1S/C15H16ClN3O2/c1-3-21-12-7-10(6-11(17)8-12)15(20)19-13-9(2)4-5-18-14(13)16/h4-8H,3,17H2,1-2H3,(H,19,20). The van der Waals surface area contributed by atoms with Crippen molar-refractivity contribution in [3.8, 4) is 5.75 Å². The van der Waals surface area contributed by atoms with Crippen LogP contribution in [-0.2, 0) is 0 Å². The number of aromatic nitrogens is 1. The molecule has 1 amide bonds. The lowest BCUT2D eigenvalue weighted by Crippen LogP contribution is -2.14. The van der Waals surface area contributed by atoms with E-state index < -0.39 is 0 Å². The number of benzene rings is 1. The number of nitrogen functional groups attached to an aromatic ring is 1. The summed E-state index contributed by atoms with van der Waals surface area (Å²) < 4.78 is 5.38. The van der Waals surface area contributed by atoms with Crippen LogP contribution in [0, 0.1) is 6.92 Å². The molecule has 0 aliphatic rings. The van der Waals surface area contributed by atoms with Gasteiger partial charge in [-0.05, 0) is 37.6 Å². The van der Waals surface area contributed by atoms with Gasteiger partial charge in [-0.15, -0.1) is 0 Å². The van der Waals surface area contributed by atoms with Crippen LogP contribution < -0.4 is 15.8 Å². The number of carbonyl (C=O) groups excluding carboxylic acids is 1. The minimum atomic E-state index is -0.318. The van der Waals surface area contributed by atoms with Gasteiger partial charge in [0.1, 0.15) is 5.75 Å². The number of ether oxygens (including phenoxy) is 1. The third-order valence-electron chi connectivity index (χ3n) is 2.85. The van der Waals surface area contributed by atoms with Crippen LogP contribution in [0.15, 0.2) is 30.5 Å². The summed E-state index contributed by atoms with van der Waals surface area (Å²) in [4.78, 5) is 16.3. The second-order valence-corrected chi connectivity index (χ2v) is 4.83. The Bertz CT molecular complexity index is 654. The van der Waals surface area contributed by atoms with E-state index in [-0.39, 0.29) is 11.1 Å². The van der Waals surface area contributed by atoms with Gasteiger partial charge in [-0.3, -0.25) is 4.79 Å². The first-order chi connectivity index (χ1) is 10.0. The number of anilines is 2. The zero-order valence-electron chi connectivity index (χ0n) is 11.8. The SMILES string of the molecule is CCOc1cc(N)cc(C(=O)Nc2c(C)ccnc2Cl)c1. The molecule has 1 aromatic heterocycles. The highest BCUT2D eigenvalue weighted by Crippen LogP contribution is 2.25. The van der Waals surface area contributed by atoms with Gasteiger partial charge in [-0.1, -0.05) is 11.6 Å². The molecule has 110 valence electrons. The van der Waals surface area contributed by atoms with E-state index in [1.54, 1.807) is 30.5 Å². The molecule has 0 saturated carbocycles. The van der Waals surface area contributed by atoms with E-state index in [4.69, 9.17) is 22.1 Å². The number of nitrogens with zero attached hydrogens (tertiary/aromatic N) is 1. The molecule has 0 fully saturated rings. The van der Waals surface area contributed by atoms with Crippen molar-refractivity contribution in [2.24, 2.45) is 0 Å². The van der Waals surface area contributed by atoms with E-state index in [1.807, 2.05) is 13.8 Å². The van der Waals surface area contributed by atoms with Crippen LogP contribution in [0.5, 0.6) is 5.75 Å². The minimum absolute atomic E-state index is 0.247. The summed E-state index contributed by atoms with van der Waals surface area (Å²) in [5.41, 5.74) is 7.96. The van der Waals surface area contributed by atoms with Crippen molar-refractivity contribution in [3.63, 3.8) is 0 Å². The molecule has 0 unspecified atom stereocenters. The number of amides is 1. The Morgan fingerprint density at radius 2 is 2.19 bits per heavy atom. The fourth-order valence-electron chi connectivity index (χ4n) is 1.86. The lowest BCUT2D eigenvalue weighted by molar-refractivity contribution is 0.102. The Morgan fingerprint density at radius 1 is 1.43 bits per heavy atom. The van der Waals surface area contributed by atoms with Gasteiger partial charge in [0.2, 0.25) is 0 Å². The summed E-state index contributed by atoms with van der Waals surface area (Å²) >= 11 is 6.00. The number of hydrogen-bond acceptors (Lipinski definition) is 4. The van der Waals surface area contributed by atoms with Crippen LogP contribution in [0.1, 0.15) is 22.8 Å². The van der Waals surface area contributed by atoms with E-state index in [1.165, 1.54) is 0 Å². The van der Waals surface area contributed by atoms with Crippen molar-refractivity contribution >= 4 is 28.9 Å². The Morgan fingerprint density at radius 3 is 2.86 bits per heavy atom. The molecule has 6 heteroatoms. The minimum Gasteiger partial charge on any atom is -0.494 e. The maximum Gasteiger partial charge on any atom is 0.255 e. The predicted octanol–water partition coefficient (Wildman–Crippen LogP) is 3.28. The first-order valence-corrected chi connectivity index (χ1v) is 6.85. The van der Waals surface area contributed by atoms with E-state index in [0.29, 0.717) is 29.3 Å². The van der Waals surface area contributed by atoms with Gasteiger partial charge in [0.05, 0.1) is 12.3 Å². The molecule has 0 aliphatic carbocycles. The van der Waals surface area contributed by atoms with Gasteiger partial charge in [0, 0.05) is 23.5 Å². The summed E-state index contributed by atoms with van der Waals surface area (Å²) in [7, 11) is 0. The third-order valence-corrected chi connectivity index (χ3v) is 3.14. The lowest BCUT2D eigenvalue weighted by atomic mass is 10.1. The van der Waals surface area contributed by atoms with Gasteiger partial charge in [-0.25, -0.2) is 4.98 Å². The highest BCUT2D eigenvalue weighted by atomic mass is 35.5. The molecule has 2 aromatic rings. The second kappa shape index (κ2) is 6.45. The molecular formula is C15H16ClN3O2. The number of carbonyl (C=O) groups is 1. The molecule has 1 aromatic carbocycles. The van der Waals surface area contributed by atoms with Gasteiger partial charge in [0.25, 0.3) is 5.91 Å². The monoisotopic (exact) mass is 305 g/mol. The fraction of sp³-hybridized carbons (Fsp3) is 0.200. The van der Waals surface area contributed by atoms with Crippen LogP contribution in [-0.4, -0.2) is 17.5 Å². The summed E-state index contributed by atoms with van der Waals surface area (Å²) in [6.07, 6.45) is 1.58. The van der Waals surface area contributed by atoms with Crippen LogP contribution in [0.4, 0.5) is 11.4 Å². The van der Waals surface area contributed by atoms with Gasteiger partial charge < -0.3 is 15.8 Å². The summed E-state index contributed by atoms with van der Waals surface area (Å²) in [5, 5.41) is 2.99. The second-order valence-electron chi connectivity index (χ2n) is 4.47. The predicted molar refractivity (Wildman–Crippen MR) is 84.0 cm³/mol. The molecule has 0 saturated heterocycles. The van der Waals surface area contributed by atoms with Crippen molar-refractivity contribution < 1.29 is 9.53 Å². The number of pyridine rings is 1. The van der Waals surface area contributed by atoms with Crippen molar-refractivity contribution in [2.75, 3.05) is 17.7 Å². The fourth-order valence-corrected chi connectivity index (χ4v) is 2.12. The molecule has 0 aliphatic heterocycles. The average molecular weight is 306 g/mol. The maximum atomic E-state index is 12.3. The van der Waals surface area contributed by atoms with Crippen LogP contribution >= 0.6 is 11.6 Å². The van der Waals surface area contributed by atoms with Crippen molar-refractivity contribution in [3.05, 3.63) is 46.7 Å². The largest absolute Gasteiger partial charge is 0.494 e. The highest BCUT2D eigenvalue weighted by Gasteiger charge is 2.13. The molecule has 0 bridgehead atoms. The molecule has 3 N–H and O–H groups in total. The zero-order chi connectivity index (χ0) is 15.4. The van der Waals surface area contributed by atoms with Gasteiger partial charge in [0.15, 0.2) is 5.15 Å². The maximum absolute atomic E-state index is 12.3. The topological polar surface area (TPSA) is 77.2 Å². The number of nitrogens with two attached hydrogens (primary N) is 1. The van der Waals surface area contributed by atoms with Crippen molar-refractivity contribution in [2.45, 2.75) is 13.8 Å². The first-order valence-electron chi connectivity index (χ1n) is 6.47. The van der Waals surface area contributed by atoms with E-state index in [9.17, 15) is 4.79 Å². The van der Waals surface area contributed by atoms with E-state index >= 15 is 0 Å². The third kappa shape index (κ3) is 3.64. The Kier molecular flexibility index (Phi) is 4.65. The van der Waals surface area contributed by atoms with Crippen molar-refractivity contribution in [1.82, 2.24) is 4.98 Å². The first kappa shape index (κ1) is 15.1. The number of rotatable bonds is 4. The molecule has 2 rings (SSSR count). The van der Waals surface area contributed by atoms with Crippen LogP contribution in [0.2, 0.25) is 5.15 Å². The smallest absolute Gasteiger partial charge is 0.255 e. The summed E-state index contributed by atoms with van der Waals surface area (Å²) in [6, 6.07) is 6.65. The summed E-state index contributed by atoms with van der Waals surface area (Å²) in [6.45, 7) is 4.20. The molecule has 0 spiro atoms. The zero-order valence-corrected chi connectivity index (χ0v) is 12.6. The van der Waals surface area contributed by atoms with Crippen LogP contribution in [0.3, 0.4) is 0 Å². The number of hydrogen-bond donors (Lipinski definition) is 2. The van der Waals surface area contributed by atoms with Crippen molar-refractivity contribution in [1.29, 1.82) is 0 Å². The Balaban J connectivity index is 2.28. The lowest BCUT2D eigenvalue weighted by Gasteiger charge is -2.11. The molecule has 0 atom stereocenters. The molecular weight excluding hydrogens is 290 g/mol. The van der Waals surface area contributed by atoms with Gasteiger partial charge in [-0.2, -0.15) is 0 Å². The van der Waals surface area contributed by atoms with Crippen LogP contribution in [0.25, 0.3) is 0 Å². The number of halogens is 1. The van der Waals surface area contributed by atoms with E-state index in [2.05, 4.69) is 10.3 Å².